The van der Waals surface area contributed by atoms with E-state index in [2.05, 4.69) is 11.0 Å². The van der Waals surface area contributed by atoms with Crippen LogP contribution in [0.5, 0.6) is 5.75 Å². The lowest BCUT2D eigenvalue weighted by molar-refractivity contribution is 0.0277. The number of benzene rings is 2. The van der Waals surface area contributed by atoms with Gasteiger partial charge in [0, 0.05) is 6.54 Å². The number of likely N-dealkylation sites (tertiary alicyclic amines) is 1. The fraction of sp³-hybridized carbons (Fsp3) is 0.478. The maximum absolute atomic E-state index is 13.1. The van der Waals surface area contributed by atoms with E-state index in [1.807, 2.05) is 26.0 Å². The van der Waals surface area contributed by atoms with Crippen LogP contribution in [0.4, 0.5) is 4.39 Å². The van der Waals surface area contributed by atoms with Gasteiger partial charge in [-0.1, -0.05) is 29.8 Å². The molecular weight excluding hydrogens is 357 g/mol. The molecule has 3 rings (SSSR count). The van der Waals surface area contributed by atoms with Crippen molar-refractivity contribution in [2.75, 3.05) is 26.2 Å². The lowest BCUT2D eigenvalue weighted by Crippen LogP contribution is -2.41. The molecule has 1 aliphatic rings. The highest BCUT2D eigenvalue weighted by molar-refractivity contribution is 5.35. The van der Waals surface area contributed by atoms with Crippen LogP contribution < -0.4 is 4.74 Å². The molecule has 0 aromatic heterocycles. The van der Waals surface area contributed by atoms with Crippen molar-refractivity contribution in [1.82, 2.24) is 4.90 Å². The zero-order chi connectivity index (χ0) is 20.1. The molecule has 2 atom stereocenters. The molecule has 2 aromatic rings. The fourth-order valence-electron chi connectivity index (χ4n) is 3.88. The summed E-state index contributed by atoms with van der Waals surface area (Å²) < 4.78 is 18.8. The molecule has 0 aliphatic carbocycles. The molecule has 2 unspecified atom stereocenters. The molecular formula is C23H30FNO3. The molecule has 0 spiro atoms. The first-order valence-corrected chi connectivity index (χ1v) is 9.96. The number of aliphatic hydroxyl groups excluding tert-OH is 2. The van der Waals surface area contributed by atoms with Gasteiger partial charge in [-0.15, -0.1) is 0 Å². The van der Waals surface area contributed by atoms with Crippen molar-refractivity contribution in [2.45, 2.75) is 38.9 Å². The SMILES string of the molecule is Cc1ccc(OCC(O)CN2CCC(C(O)c3ccc(F)cc3)CC2)c(C)c1. The monoisotopic (exact) mass is 387 g/mol. The Labute approximate surface area is 166 Å². The number of ether oxygens (including phenoxy) is 1. The van der Waals surface area contributed by atoms with Crippen molar-refractivity contribution in [1.29, 1.82) is 0 Å². The highest BCUT2D eigenvalue weighted by Gasteiger charge is 2.27. The first kappa shape index (κ1) is 20.8. The predicted molar refractivity (Wildman–Crippen MR) is 108 cm³/mol. The van der Waals surface area contributed by atoms with Crippen LogP contribution in [0.1, 0.15) is 35.6 Å². The van der Waals surface area contributed by atoms with E-state index in [0.717, 1.165) is 42.8 Å². The number of hydrogen-bond donors (Lipinski definition) is 2. The van der Waals surface area contributed by atoms with Crippen LogP contribution in [0.3, 0.4) is 0 Å². The van der Waals surface area contributed by atoms with Crippen molar-refractivity contribution in [3.8, 4) is 5.75 Å². The number of rotatable bonds is 7. The van der Waals surface area contributed by atoms with E-state index in [1.165, 1.54) is 17.7 Å². The summed E-state index contributed by atoms with van der Waals surface area (Å²) in [5, 5.41) is 20.9. The van der Waals surface area contributed by atoms with E-state index in [0.29, 0.717) is 6.54 Å². The Bertz CT molecular complexity index is 757. The van der Waals surface area contributed by atoms with E-state index in [1.54, 1.807) is 12.1 Å². The average Bonchev–Trinajstić information content (AvgIpc) is 2.68. The Morgan fingerprint density at radius 1 is 1.07 bits per heavy atom. The lowest BCUT2D eigenvalue weighted by Gasteiger charge is -2.35. The number of halogens is 1. The zero-order valence-electron chi connectivity index (χ0n) is 16.6. The highest BCUT2D eigenvalue weighted by atomic mass is 19.1. The molecule has 152 valence electrons. The van der Waals surface area contributed by atoms with Gasteiger partial charge in [-0.25, -0.2) is 4.39 Å². The second-order valence-electron chi connectivity index (χ2n) is 7.87. The lowest BCUT2D eigenvalue weighted by atomic mass is 9.87. The quantitative estimate of drug-likeness (QED) is 0.762. The third-order valence-electron chi connectivity index (χ3n) is 5.52. The summed E-state index contributed by atoms with van der Waals surface area (Å²) in [6.07, 6.45) is 0.576. The minimum Gasteiger partial charge on any atom is -0.491 e. The third kappa shape index (κ3) is 5.53. The molecule has 1 saturated heterocycles. The predicted octanol–water partition coefficient (Wildman–Crippen LogP) is 3.63. The van der Waals surface area contributed by atoms with Crippen LogP contribution in [-0.2, 0) is 0 Å². The smallest absolute Gasteiger partial charge is 0.123 e. The number of piperidine rings is 1. The zero-order valence-corrected chi connectivity index (χ0v) is 16.6. The van der Waals surface area contributed by atoms with Gasteiger partial charge in [0.15, 0.2) is 0 Å². The number of aliphatic hydroxyl groups is 2. The van der Waals surface area contributed by atoms with Gasteiger partial charge in [-0.2, -0.15) is 0 Å². The first-order valence-electron chi connectivity index (χ1n) is 9.96. The summed E-state index contributed by atoms with van der Waals surface area (Å²) in [6, 6.07) is 12.1. The van der Waals surface area contributed by atoms with Gasteiger partial charge < -0.3 is 19.8 Å². The number of hydrogen-bond acceptors (Lipinski definition) is 4. The molecule has 5 heteroatoms. The molecule has 2 aromatic carbocycles. The summed E-state index contributed by atoms with van der Waals surface area (Å²) in [7, 11) is 0. The third-order valence-corrected chi connectivity index (χ3v) is 5.52. The van der Waals surface area contributed by atoms with E-state index in [4.69, 9.17) is 4.74 Å². The van der Waals surface area contributed by atoms with Gasteiger partial charge in [0.1, 0.15) is 24.3 Å². The second kappa shape index (κ2) is 9.50. The van der Waals surface area contributed by atoms with Crippen molar-refractivity contribution in [2.24, 2.45) is 5.92 Å². The Hall–Kier alpha value is -1.95. The largest absolute Gasteiger partial charge is 0.491 e. The van der Waals surface area contributed by atoms with Crippen molar-refractivity contribution >= 4 is 0 Å². The van der Waals surface area contributed by atoms with Crippen LogP contribution in [0.2, 0.25) is 0 Å². The molecule has 0 saturated carbocycles. The molecule has 0 bridgehead atoms. The minimum absolute atomic E-state index is 0.158. The fourth-order valence-corrected chi connectivity index (χ4v) is 3.88. The number of nitrogens with zero attached hydrogens (tertiary/aromatic N) is 1. The van der Waals surface area contributed by atoms with Gasteiger partial charge in [-0.3, -0.25) is 0 Å². The Kier molecular flexibility index (Phi) is 7.05. The molecule has 1 aliphatic heterocycles. The van der Waals surface area contributed by atoms with Crippen LogP contribution in [-0.4, -0.2) is 47.5 Å². The maximum atomic E-state index is 13.1. The molecule has 0 amide bonds. The van der Waals surface area contributed by atoms with Gasteiger partial charge >= 0.3 is 0 Å². The normalized spacial score (nSPS) is 18.0. The van der Waals surface area contributed by atoms with E-state index >= 15 is 0 Å². The standard InChI is InChI=1S/C23H30FNO3/c1-16-3-8-22(17(2)13-16)28-15-21(26)14-25-11-9-19(10-12-25)23(27)18-4-6-20(24)7-5-18/h3-8,13,19,21,23,26-27H,9-12,14-15H2,1-2H3. The van der Waals surface area contributed by atoms with E-state index in [9.17, 15) is 14.6 Å². The first-order chi connectivity index (χ1) is 13.4. The Morgan fingerprint density at radius 3 is 2.39 bits per heavy atom. The summed E-state index contributed by atoms with van der Waals surface area (Å²) in [4.78, 5) is 2.21. The molecule has 4 nitrogen and oxygen atoms in total. The molecule has 0 radical (unpaired) electrons. The van der Waals surface area contributed by atoms with Gasteiger partial charge in [0.05, 0.1) is 6.10 Å². The van der Waals surface area contributed by atoms with Gasteiger partial charge in [0.2, 0.25) is 0 Å². The van der Waals surface area contributed by atoms with Gasteiger partial charge in [0.25, 0.3) is 0 Å². The minimum atomic E-state index is -0.569. The van der Waals surface area contributed by atoms with Crippen LogP contribution in [0.25, 0.3) is 0 Å². The van der Waals surface area contributed by atoms with Crippen LogP contribution >= 0.6 is 0 Å². The van der Waals surface area contributed by atoms with Crippen molar-refractivity contribution in [3.63, 3.8) is 0 Å². The molecule has 1 heterocycles. The van der Waals surface area contributed by atoms with Gasteiger partial charge in [-0.05, 0) is 75.0 Å². The maximum Gasteiger partial charge on any atom is 0.123 e. The molecule has 1 fully saturated rings. The Balaban J connectivity index is 1.42. The Morgan fingerprint density at radius 2 is 1.75 bits per heavy atom. The topological polar surface area (TPSA) is 52.9 Å². The summed E-state index contributed by atoms with van der Waals surface area (Å²) in [6.45, 7) is 6.52. The van der Waals surface area contributed by atoms with E-state index < -0.39 is 12.2 Å². The summed E-state index contributed by atoms with van der Waals surface area (Å²) in [5.41, 5.74) is 3.03. The van der Waals surface area contributed by atoms with E-state index in [-0.39, 0.29) is 18.3 Å². The van der Waals surface area contributed by atoms with Crippen molar-refractivity contribution in [3.05, 3.63) is 65.0 Å². The number of aryl methyl sites for hydroxylation is 2. The number of β-amino-alcohol motifs (C(OH)–C–C–N with tert-alkyl or cyclic N) is 1. The van der Waals surface area contributed by atoms with Crippen LogP contribution in [0.15, 0.2) is 42.5 Å². The second-order valence-corrected chi connectivity index (χ2v) is 7.87. The summed E-state index contributed by atoms with van der Waals surface area (Å²) in [5.74, 6) is 0.680. The highest BCUT2D eigenvalue weighted by Crippen LogP contribution is 2.30. The summed E-state index contributed by atoms with van der Waals surface area (Å²) >= 11 is 0. The molecule has 2 N–H and O–H groups in total. The van der Waals surface area contributed by atoms with Crippen LogP contribution in [0, 0.1) is 25.6 Å². The van der Waals surface area contributed by atoms with Crippen molar-refractivity contribution < 1.29 is 19.3 Å². The average molecular weight is 387 g/mol. The molecule has 28 heavy (non-hydrogen) atoms.